The molecule has 162 valence electrons. The summed E-state index contributed by atoms with van der Waals surface area (Å²) in [7, 11) is 3.42. The summed E-state index contributed by atoms with van der Waals surface area (Å²) in [6.07, 6.45) is 4.51. The van der Waals surface area contributed by atoms with E-state index in [4.69, 9.17) is 9.47 Å². The molecule has 1 saturated carbocycles. The first-order chi connectivity index (χ1) is 15.2. The molecule has 0 aliphatic heterocycles. The van der Waals surface area contributed by atoms with Crippen LogP contribution in [0, 0.1) is 5.92 Å². The Kier molecular flexibility index (Phi) is 6.72. The van der Waals surface area contributed by atoms with Crippen molar-refractivity contribution < 1.29 is 9.47 Å². The molecule has 3 aromatic rings. The minimum absolute atomic E-state index is 0.572. The second kappa shape index (κ2) is 10.0. The highest BCUT2D eigenvalue weighted by molar-refractivity contribution is 5.79. The highest BCUT2D eigenvalue weighted by atomic mass is 16.5. The fraction of sp³-hybridized carbons (Fsp3) is 0.333. The molecule has 0 amide bonds. The number of guanidine groups is 1. The predicted molar refractivity (Wildman–Crippen MR) is 122 cm³/mol. The predicted octanol–water partition coefficient (Wildman–Crippen LogP) is 3.53. The van der Waals surface area contributed by atoms with Gasteiger partial charge in [-0.05, 0) is 55.2 Å². The lowest BCUT2D eigenvalue weighted by Gasteiger charge is -2.14. The standard InChI is InChI=1S/C24H29N5O2/c1-25-24(26-15-19-5-3-4-6-23(19)31-17-18-7-8-18)27-16-20-13-14-29(28-20)21-9-11-22(30-2)12-10-21/h3-6,9-14,18H,7-8,15-17H2,1-2H3,(H2,25,26,27). The maximum atomic E-state index is 5.99. The van der Waals surface area contributed by atoms with Crippen LogP contribution in [0.3, 0.4) is 0 Å². The SMILES string of the molecule is CN=C(NCc1ccn(-c2ccc(OC)cc2)n1)NCc1ccccc1OCC1CC1. The summed E-state index contributed by atoms with van der Waals surface area (Å²) in [5.41, 5.74) is 3.03. The third-order valence-corrected chi connectivity index (χ3v) is 5.23. The molecule has 1 aliphatic rings. The van der Waals surface area contributed by atoms with E-state index in [-0.39, 0.29) is 0 Å². The van der Waals surface area contributed by atoms with Crippen LogP contribution in [0.25, 0.3) is 5.69 Å². The molecule has 0 unspecified atom stereocenters. The molecule has 7 nitrogen and oxygen atoms in total. The van der Waals surface area contributed by atoms with E-state index in [0.717, 1.165) is 46.9 Å². The summed E-state index contributed by atoms with van der Waals surface area (Å²) in [4.78, 5) is 4.32. The Morgan fingerprint density at radius 3 is 2.58 bits per heavy atom. The first kappa shape index (κ1) is 20.8. The van der Waals surface area contributed by atoms with E-state index in [9.17, 15) is 0 Å². The van der Waals surface area contributed by atoms with Crippen LogP contribution < -0.4 is 20.1 Å². The molecule has 31 heavy (non-hydrogen) atoms. The largest absolute Gasteiger partial charge is 0.497 e. The number of nitrogens with one attached hydrogen (secondary N) is 2. The molecular weight excluding hydrogens is 390 g/mol. The van der Waals surface area contributed by atoms with Crippen LogP contribution in [0.4, 0.5) is 0 Å². The van der Waals surface area contributed by atoms with E-state index in [2.05, 4.69) is 26.8 Å². The molecular formula is C24H29N5O2. The van der Waals surface area contributed by atoms with Gasteiger partial charge in [0, 0.05) is 25.4 Å². The van der Waals surface area contributed by atoms with Crippen molar-refractivity contribution in [1.82, 2.24) is 20.4 Å². The minimum atomic E-state index is 0.572. The highest BCUT2D eigenvalue weighted by Crippen LogP contribution is 2.30. The topological polar surface area (TPSA) is 72.7 Å². The average molecular weight is 420 g/mol. The molecule has 0 bridgehead atoms. The van der Waals surface area contributed by atoms with Crippen molar-refractivity contribution >= 4 is 5.96 Å². The van der Waals surface area contributed by atoms with Gasteiger partial charge in [0.1, 0.15) is 11.5 Å². The normalized spacial score (nSPS) is 13.7. The van der Waals surface area contributed by atoms with Gasteiger partial charge < -0.3 is 20.1 Å². The maximum absolute atomic E-state index is 5.99. The molecule has 0 radical (unpaired) electrons. The van der Waals surface area contributed by atoms with Crippen LogP contribution in [-0.4, -0.2) is 36.5 Å². The Bertz CT molecular complexity index is 1010. The number of hydrogen-bond donors (Lipinski definition) is 2. The lowest BCUT2D eigenvalue weighted by Crippen LogP contribution is -2.36. The van der Waals surface area contributed by atoms with Gasteiger partial charge in [0.15, 0.2) is 5.96 Å². The molecule has 0 atom stereocenters. The van der Waals surface area contributed by atoms with Crippen molar-refractivity contribution in [3.8, 4) is 17.2 Å². The Labute approximate surface area is 183 Å². The zero-order valence-electron chi connectivity index (χ0n) is 18.0. The Morgan fingerprint density at radius 2 is 1.84 bits per heavy atom. The van der Waals surface area contributed by atoms with Crippen molar-refractivity contribution in [2.45, 2.75) is 25.9 Å². The van der Waals surface area contributed by atoms with Gasteiger partial charge in [-0.25, -0.2) is 4.68 Å². The van der Waals surface area contributed by atoms with Crippen LogP contribution in [0.1, 0.15) is 24.1 Å². The fourth-order valence-electron chi connectivity index (χ4n) is 3.19. The second-order valence-electron chi connectivity index (χ2n) is 7.59. The summed E-state index contributed by atoms with van der Waals surface area (Å²) < 4.78 is 13.1. The number of hydrogen-bond acceptors (Lipinski definition) is 4. The zero-order valence-corrected chi connectivity index (χ0v) is 18.0. The zero-order chi connectivity index (χ0) is 21.5. The first-order valence-corrected chi connectivity index (χ1v) is 10.6. The molecule has 4 rings (SSSR count). The summed E-state index contributed by atoms with van der Waals surface area (Å²) in [5, 5.41) is 11.3. The van der Waals surface area contributed by atoms with Crippen molar-refractivity contribution in [1.29, 1.82) is 0 Å². The molecule has 1 heterocycles. The third-order valence-electron chi connectivity index (χ3n) is 5.23. The van der Waals surface area contributed by atoms with Crippen molar-refractivity contribution in [2.75, 3.05) is 20.8 Å². The van der Waals surface area contributed by atoms with Gasteiger partial charge in [-0.2, -0.15) is 5.10 Å². The number of rotatable bonds is 9. The lowest BCUT2D eigenvalue weighted by molar-refractivity contribution is 0.296. The summed E-state index contributed by atoms with van der Waals surface area (Å²) in [5.74, 6) is 3.21. The van der Waals surface area contributed by atoms with Gasteiger partial charge in [-0.15, -0.1) is 0 Å². The quantitative estimate of drug-likeness (QED) is 0.410. The maximum Gasteiger partial charge on any atom is 0.191 e. The lowest BCUT2D eigenvalue weighted by atomic mass is 10.2. The minimum Gasteiger partial charge on any atom is -0.497 e. The Hall–Kier alpha value is -3.48. The molecule has 1 aliphatic carbocycles. The number of para-hydroxylation sites is 1. The summed E-state index contributed by atoms with van der Waals surface area (Å²) >= 11 is 0. The summed E-state index contributed by atoms with van der Waals surface area (Å²) in [6.45, 7) is 2.02. The number of aliphatic imine (C=N–C) groups is 1. The number of ether oxygens (including phenoxy) is 2. The highest BCUT2D eigenvalue weighted by Gasteiger charge is 2.22. The van der Waals surface area contributed by atoms with Gasteiger partial charge >= 0.3 is 0 Å². The molecule has 2 aromatic carbocycles. The van der Waals surface area contributed by atoms with Gasteiger partial charge in [-0.3, -0.25) is 4.99 Å². The van der Waals surface area contributed by atoms with Crippen molar-refractivity contribution in [2.24, 2.45) is 10.9 Å². The molecule has 0 spiro atoms. The van der Waals surface area contributed by atoms with Crippen LogP contribution in [-0.2, 0) is 13.1 Å². The van der Waals surface area contributed by atoms with E-state index in [1.165, 1.54) is 12.8 Å². The van der Waals surface area contributed by atoms with Crippen LogP contribution in [0.15, 0.2) is 65.8 Å². The smallest absolute Gasteiger partial charge is 0.191 e. The van der Waals surface area contributed by atoms with Crippen LogP contribution >= 0.6 is 0 Å². The third kappa shape index (κ3) is 5.78. The molecule has 7 heteroatoms. The Balaban J connectivity index is 1.29. The second-order valence-corrected chi connectivity index (χ2v) is 7.59. The van der Waals surface area contributed by atoms with Crippen molar-refractivity contribution in [3.63, 3.8) is 0 Å². The fourth-order valence-corrected chi connectivity index (χ4v) is 3.19. The first-order valence-electron chi connectivity index (χ1n) is 10.6. The number of methoxy groups -OCH3 is 1. The molecule has 2 N–H and O–H groups in total. The monoisotopic (exact) mass is 419 g/mol. The molecule has 1 aromatic heterocycles. The number of benzene rings is 2. The Morgan fingerprint density at radius 1 is 1.06 bits per heavy atom. The number of nitrogens with zero attached hydrogens (tertiary/aromatic N) is 3. The van der Waals surface area contributed by atoms with E-state index in [0.29, 0.717) is 13.1 Å². The van der Waals surface area contributed by atoms with Gasteiger partial charge in [-0.1, -0.05) is 18.2 Å². The van der Waals surface area contributed by atoms with E-state index < -0.39 is 0 Å². The van der Waals surface area contributed by atoms with E-state index >= 15 is 0 Å². The van der Waals surface area contributed by atoms with E-state index in [1.807, 2.05) is 59.4 Å². The molecule has 1 fully saturated rings. The van der Waals surface area contributed by atoms with Crippen LogP contribution in [0.5, 0.6) is 11.5 Å². The van der Waals surface area contributed by atoms with Crippen LogP contribution in [0.2, 0.25) is 0 Å². The molecule has 0 saturated heterocycles. The van der Waals surface area contributed by atoms with E-state index in [1.54, 1.807) is 14.2 Å². The van der Waals surface area contributed by atoms with Crippen molar-refractivity contribution in [3.05, 3.63) is 72.1 Å². The number of aromatic nitrogens is 2. The summed E-state index contributed by atoms with van der Waals surface area (Å²) in [6, 6.07) is 17.9. The van der Waals surface area contributed by atoms with Gasteiger partial charge in [0.05, 0.1) is 31.6 Å². The van der Waals surface area contributed by atoms with Gasteiger partial charge in [0.25, 0.3) is 0 Å². The average Bonchev–Trinajstić information content (AvgIpc) is 3.53. The van der Waals surface area contributed by atoms with Gasteiger partial charge in [0.2, 0.25) is 0 Å².